The number of benzene rings is 1. The van der Waals surface area contributed by atoms with Crippen molar-refractivity contribution in [3.05, 3.63) is 41.7 Å². The number of hydrogen-bond acceptors (Lipinski definition) is 7. The topological polar surface area (TPSA) is 70.9 Å². The Kier molecular flexibility index (Phi) is 5.74. The zero-order chi connectivity index (χ0) is 20.4. The second-order valence-corrected chi connectivity index (χ2v) is 9.97. The second-order valence-electron chi connectivity index (χ2n) is 7.63. The molecule has 0 amide bonds. The first-order valence-corrected chi connectivity index (χ1v) is 12.1. The van der Waals surface area contributed by atoms with E-state index in [1.807, 2.05) is 6.92 Å². The standard InChI is InChI=1S/C21H29N5O2S/c1-4-24-29(3,27)19-14-22-21(23-15-19)26-10-8-25(9-11-26)16(2)18-6-5-17-7-12-28-20(17)13-18/h5-6,13-16H,4,7-12H2,1-3H3. The van der Waals surface area contributed by atoms with Gasteiger partial charge in [0.05, 0.1) is 21.2 Å². The second kappa shape index (κ2) is 8.28. The molecule has 0 spiro atoms. The molecule has 2 unspecified atom stereocenters. The molecular weight excluding hydrogens is 386 g/mol. The first-order chi connectivity index (χ1) is 14.0. The highest BCUT2D eigenvalue weighted by Gasteiger charge is 2.24. The van der Waals surface area contributed by atoms with Crippen LogP contribution in [0, 0.1) is 0 Å². The Morgan fingerprint density at radius 1 is 1.21 bits per heavy atom. The highest BCUT2D eigenvalue weighted by Crippen LogP contribution is 2.31. The lowest BCUT2D eigenvalue weighted by atomic mass is 10.0. The van der Waals surface area contributed by atoms with Crippen LogP contribution < -0.4 is 9.64 Å². The minimum absolute atomic E-state index is 0.343. The molecule has 1 fully saturated rings. The molecular formula is C21H29N5O2S. The summed E-state index contributed by atoms with van der Waals surface area (Å²) in [6.07, 6.45) is 5.97. The molecule has 4 rings (SSSR count). The van der Waals surface area contributed by atoms with Gasteiger partial charge in [0.1, 0.15) is 5.75 Å². The van der Waals surface area contributed by atoms with Gasteiger partial charge >= 0.3 is 0 Å². The summed E-state index contributed by atoms with van der Waals surface area (Å²) in [5.41, 5.74) is 2.62. The average Bonchev–Trinajstić information content (AvgIpc) is 3.21. The molecule has 8 heteroatoms. The van der Waals surface area contributed by atoms with Crippen molar-refractivity contribution in [3.8, 4) is 5.75 Å². The van der Waals surface area contributed by atoms with Gasteiger partial charge in [0.25, 0.3) is 0 Å². The molecule has 1 saturated heterocycles. The Balaban J connectivity index is 1.39. The third-order valence-corrected chi connectivity index (χ3v) is 7.61. The minimum Gasteiger partial charge on any atom is -0.493 e. The van der Waals surface area contributed by atoms with Crippen LogP contribution in [0.4, 0.5) is 5.95 Å². The molecule has 2 aliphatic rings. The Labute approximate surface area is 173 Å². The Bertz CT molecular complexity index is 977. The summed E-state index contributed by atoms with van der Waals surface area (Å²) in [7, 11) is -2.40. The summed E-state index contributed by atoms with van der Waals surface area (Å²) in [6, 6.07) is 6.98. The van der Waals surface area contributed by atoms with Crippen molar-refractivity contribution in [2.24, 2.45) is 4.36 Å². The Hall–Kier alpha value is -2.19. The predicted octanol–water partition coefficient (Wildman–Crippen LogP) is 2.77. The molecule has 0 bridgehead atoms. The average molecular weight is 416 g/mol. The first-order valence-electron chi connectivity index (χ1n) is 10.2. The first kappa shape index (κ1) is 20.1. The van der Waals surface area contributed by atoms with Crippen molar-refractivity contribution in [1.29, 1.82) is 0 Å². The summed E-state index contributed by atoms with van der Waals surface area (Å²) in [5, 5.41) is 0. The van der Waals surface area contributed by atoms with Crippen LogP contribution in [0.2, 0.25) is 0 Å². The van der Waals surface area contributed by atoms with Gasteiger partial charge in [-0.25, -0.2) is 18.5 Å². The SMILES string of the molecule is CCN=S(C)(=O)c1cnc(N2CCN(C(C)c3ccc4c(c3)OCC4)CC2)nc1. The quantitative estimate of drug-likeness (QED) is 0.748. The number of rotatable bonds is 5. The van der Waals surface area contributed by atoms with Gasteiger partial charge in [0.15, 0.2) is 0 Å². The van der Waals surface area contributed by atoms with Crippen molar-refractivity contribution in [1.82, 2.24) is 14.9 Å². The van der Waals surface area contributed by atoms with E-state index in [0.717, 1.165) is 45.0 Å². The largest absolute Gasteiger partial charge is 0.493 e. The Morgan fingerprint density at radius 3 is 2.62 bits per heavy atom. The van der Waals surface area contributed by atoms with E-state index < -0.39 is 9.73 Å². The lowest BCUT2D eigenvalue weighted by Crippen LogP contribution is -2.47. The van der Waals surface area contributed by atoms with Gasteiger partial charge in [-0.05, 0) is 31.0 Å². The van der Waals surface area contributed by atoms with Crippen LogP contribution in [0.3, 0.4) is 0 Å². The molecule has 0 radical (unpaired) electrons. The molecule has 29 heavy (non-hydrogen) atoms. The molecule has 2 aliphatic heterocycles. The van der Waals surface area contributed by atoms with Gasteiger partial charge in [0.2, 0.25) is 5.95 Å². The number of nitrogens with zero attached hydrogens (tertiary/aromatic N) is 5. The van der Waals surface area contributed by atoms with Crippen LogP contribution in [0.25, 0.3) is 0 Å². The highest BCUT2D eigenvalue weighted by atomic mass is 32.2. The van der Waals surface area contributed by atoms with Gasteiger partial charge in [-0.15, -0.1) is 0 Å². The zero-order valence-corrected chi connectivity index (χ0v) is 18.2. The van der Waals surface area contributed by atoms with Crippen molar-refractivity contribution in [2.75, 3.05) is 50.5 Å². The van der Waals surface area contributed by atoms with Crippen molar-refractivity contribution >= 4 is 15.7 Å². The van der Waals surface area contributed by atoms with Crippen LogP contribution in [-0.2, 0) is 16.1 Å². The van der Waals surface area contributed by atoms with Gasteiger partial charge in [0, 0.05) is 63.8 Å². The van der Waals surface area contributed by atoms with E-state index in [1.165, 1.54) is 11.1 Å². The normalized spacial score (nSPS) is 19.9. The molecule has 2 atom stereocenters. The van der Waals surface area contributed by atoms with E-state index >= 15 is 0 Å². The van der Waals surface area contributed by atoms with Crippen molar-refractivity contribution in [3.63, 3.8) is 0 Å². The van der Waals surface area contributed by atoms with Crippen LogP contribution in [0.1, 0.15) is 31.0 Å². The summed E-state index contributed by atoms with van der Waals surface area (Å²) in [5.74, 6) is 1.74. The fourth-order valence-corrected chi connectivity index (χ4v) is 5.09. The van der Waals surface area contributed by atoms with Crippen LogP contribution >= 0.6 is 0 Å². The fraction of sp³-hybridized carbons (Fsp3) is 0.524. The van der Waals surface area contributed by atoms with E-state index in [0.29, 0.717) is 23.4 Å². The highest BCUT2D eigenvalue weighted by molar-refractivity contribution is 7.93. The number of hydrogen-bond donors (Lipinski definition) is 0. The molecule has 1 aromatic heterocycles. The minimum atomic E-state index is -2.40. The molecule has 7 nitrogen and oxygen atoms in total. The van der Waals surface area contributed by atoms with Crippen LogP contribution in [0.5, 0.6) is 5.75 Å². The number of fused-ring (bicyclic) bond motifs is 1. The van der Waals surface area contributed by atoms with Crippen molar-refractivity contribution < 1.29 is 8.95 Å². The van der Waals surface area contributed by atoms with Gasteiger partial charge < -0.3 is 9.64 Å². The summed E-state index contributed by atoms with van der Waals surface area (Å²) in [4.78, 5) is 14.2. The maximum Gasteiger partial charge on any atom is 0.225 e. The van der Waals surface area contributed by atoms with E-state index in [4.69, 9.17) is 4.74 Å². The number of anilines is 1. The molecule has 156 valence electrons. The van der Waals surface area contributed by atoms with Crippen molar-refractivity contribution in [2.45, 2.75) is 31.2 Å². The maximum atomic E-state index is 12.5. The predicted molar refractivity (Wildman–Crippen MR) is 115 cm³/mol. The van der Waals surface area contributed by atoms with Gasteiger partial charge in [-0.3, -0.25) is 4.90 Å². The van der Waals surface area contributed by atoms with E-state index in [-0.39, 0.29) is 0 Å². The van der Waals surface area contributed by atoms with Gasteiger partial charge in [-0.2, -0.15) is 0 Å². The summed E-state index contributed by atoms with van der Waals surface area (Å²) >= 11 is 0. The van der Waals surface area contributed by atoms with Crippen LogP contribution in [0.15, 0.2) is 39.9 Å². The van der Waals surface area contributed by atoms with Crippen LogP contribution in [-0.4, -0.2) is 64.7 Å². The third-order valence-electron chi connectivity index (χ3n) is 5.77. The number of piperazine rings is 1. The lowest BCUT2D eigenvalue weighted by molar-refractivity contribution is 0.197. The molecule has 2 aromatic rings. The molecule has 1 aromatic carbocycles. The van der Waals surface area contributed by atoms with E-state index in [1.54, 1.807) is 18.6 Å². The summed E-state index contributed by atoms with van der Waals surface area (Å²) < 4.78 is 22.4. The molecule has 0 N–H and O–H groups in total. The molecule has 0 aliphatic carbocycles. The summed E-state index contributed by atoms with van der Waals surface area (Å²) in [6.45, 7) is 9.08. The fourth-order valence-electron chi connectivity index (χ4n) is 3.95. The third kappa shape index (κ3) is 4.23. The van der Waals surface area contributed by atoms with E-state index in [2.05, 4.69) is 49.3 Å². The Morgan fingerprint density at radius 2 is 1.93 bits per heavy atom. The number of ether oxygens (including phenoxy) is 1. The molecule has 0 saturated carbocycles. The number of aromatic nitrogens is 2. The molecule has 3 heterocycles. The smallest absolute Gasteiger partial charge is 0.225 e. The van der Waals surface area contributed by atoms with Gasteiger partial charge in [-0.1, -0.05) is 12.1 Å². The van der Waals surface area contributed by atoms with E-state index in [9.17, 15) is 4.21 Å². The lowest BCUT2D eigenvalue weighted by Gasteiger charge is -2.38. The maximum absolute atomic E-state index is 12.5. The zero-order valence-electron chi connectivity index (χ0n) is 17.4. The monoisotopic (exact) mass is 415 g/mol.